The average molecular weight is 345 g/mol. The minimum atomic E-state index is -0.218. The number of benzene rings is 2. The smallest absolute Gasteiger partial charge is 0.0773 e. The van der Waals surface area contributed by atoms with E-state index in [0.717, 1.165) is 22.6 Å². The SMILES string of the molecule is CC(C)(C)c1nn(-c2ccccc2)c(NN=[N-])c1C=Nc1ccccc1. The summed E-state index contributed by atoms with van der Waals surface area (Å²) in [4.78, 5) is 4.56. The first-order valence-corrected chi connectivity index (χ1v) is 8.39. The molecule has 26 heavy (non-hydrogen) atoms. The molecule has 0 fully saturated rings. The van der Waals surface area contributed by atoms with Crippen LogP contribution in [0.5, 0.6) is 0 Å². The normalized spacial score (nSPS) is 11.7. The Hall–Kier alpha value is -3.28. The van der Waals surface area contributed by atoms with Gasteiger partial charge in [0.15, 0.2) is 0 Å². The van der Waals surface area contributed by atoms with Gasteiger partial charge in [-0.1, -0.05) is 57.2 Å². The van der Waals surface area contributed by atoms with E-state index in [1.54, 1.807) is 10.9 Å². The van der Waals surface area contributed by atoms with Gasteiger partial charge in [0.2, 0.25) is 0 Å². The van der Waals surface area contributed by atoms with Crippen molar-refractivity contribution in [3.05, 3.63) is 77.5 Å². The summed E-state index contributed by atoms with van der Waals surface area (Å²) in [6.45, 7) is 6.26. The number of hydrogen-bond acceptors (Lipinski definition) is 3. The van der Waals surface area contributed by atoms with Gasteiger partial charge in [-0.25, -0.2) is 4.68 Å². The molecule has 6 nitrogen and oxygen atoms in total. The largest absolute Gasteiger partial charge is 0.371 e. The Labute approximate surface area is 153 Å². The third-order valence-corrected chi connectivity index (χ3v) is 3.89. The van der Waals surface area contributed by atoms with E-state index in [1.807, 2.05) is 60.7 Å². The molecule has 0 radical (unpaired) electrons. The molecule has 0 unspecified atom stereocenters. The van der Waals surface area contributed by atoms with Crippen molar-refractivity contribution in [1.82, 2.24) is 9.78 Å². The average Bonchev–Trinajstić information content (AvgIpc) is 3.01. The zero-order chi connectivity index (χ0) is 18.6. The first-order chi connectivity index (χ1) is 12.5. The molecule has 0 spiro atoms. The van der Waals surface area contributed by atoms with Crippen molar-refractivity contribution < 1.29 is 0 Å². The third kappa shape index (κ3) is 3.69. The van der Waals surface area contributed by atoms with E-state index in [-0.39, 0.29) is 5.41 Å². The Morgan fingerprint density at radius 3 is 2.19 bits per heavy atom. The lowest BCUT2D eigenvalue weighted by atomic mass is 9.89. The minimum Gasteiger partial charge on any atom is -0.371 e. The van der Waals surface area contributed by atoms with E-state index in [0.29, 0.717) is 5.82 Å². The summed E-state index contributed by atoms with van der Waals surface area (Å²) in [5.74, 6) is 0.559. The molecule has 0 aliphatic carbocycles. The first kappa shape index (κ1) is 17.5. The first-order valence-electron chi connectivity index (χ1n) is 8.39. The second-order valence-corrected chi connectivity index (χ2v) is 6.91. The highest BCUT2D eigenvalue weighted by atomic mass is 15.5. The molecule has 0 aliphatic rings. The minimum absolute atomic E-state index is 0.218. The zero-order valence-electron chi connectivity index (χ0n) is 15.1. The van der Waals surface area contributed by atoms with Gasteiger partial charge < -0.3 is 11.0 Å². The van der Waals surface area contributed by atoms with Crippen molar-refractivity contribution in [3.8, 4) is 5.69 Å². The van der Waals surface area contributed by atoms with Gasteiger partial charge >= 0.3 is 0 Å². The van der Waals surface area contributed by atoms with Crippen LogP contribution in [0.3, 0.4) is 0 Å². The molecule has 1 N–H and O–H groups in total. The van der Waals surface area contributed by atoms with Gasteiger partial charge in [-0.3, -0.25) is 10.2 Å². The van der Waals surface area contributed by atoms with Gasteiger partial charge in [0, 0.05) is 17.2 Å². The number of aliphatic imine (C=N–C) groups is 1. The van der Waals surface area contributed by atoms with Crippen molar-refractivity contribution in [2.24, 2.45) is 10.2 Å². The monoisotopic (exact) mass is 345 g/mol. The number of rotatable bonds is 5. The van der Waals surface area contributed by atoms with Gasteiger partial charge in [0.25, 0.3) is 0 Å². The van der Waals surface area contributed by atoms with Crippen LogP contribution in [0.2, 0.25) is 0 Å². The summed E-state index contributed by atoms with van der Waals surface area (Å²) < 4.78 is 1.73. The summed E-state index contributed by atoms with van der Waals surface area (Å²) in [7, 11) is 0. The van der Waals surface area contributed by atoms with Crippen molar-refractivity contribution >= 4 is 17.7 Å². The fourth-order valence-electron chi connectivity index (χ4n) is 2.67. The quantitative estimate of drug-likeness (QED) is 0.388. The van der Waals surface area contributed by atoms with Crippen molar-refractivity contribution in [1.29, 1.82) is 0 Å². The standard InChI is InChI=1S/C20H21N6/c1-20(2,3)18-17(14-22-15-10-6-4-7-11-15)19(23-25-21)26(24-18)16-12-8-5-9-13-16/h4-14H,1-3H3,(H-,21,23)/q-1. The van der Waals surface area contributed by atoms with E-state index < -0.39 is 0 Å². The number of anilines is 1. The summed E-state index contributed by atoms with van der Waals surface area (Å²) in [6, 6.07) is 19.4. The van der Waals surface area contributed by atoms with Crippen molar-refractivity contribution in [2.45, 2.75) is 26.2 Å². The number of hydrogen-bond donors (Lipinski definition) is 1. The molecule has 0 saturated carbocycles. The number of nitrogens with one attached hydrogen (secondary N) is 1. The summed E-state index contributed by atoms with van der Waals surface area (Å²) in [5.41, 5.74) is 14.9. The van der Waals surface area contributed by atoms with Gasteiger partial charge in [-0.2, -0.15) is 5.10 Å². The fourth-order valence-corrected chi connectivity index (χ4v) is 2.67. The molecule has 0 saturated heterocycles. The molecule has 0 atom stereocenters. The van der Waals surface area contributed by atoms with Gasteiger partial charge in [-0.15, -0.1) is 0 Å². The second kappa shape index (κ2) is 7.31. The summed E-state index contributed by atoms with van der Waals surface area (Å²) >= 11 is 0. The van der Waals surface area contributed by atoms with Crippen LogP contribution in [0.1, 0.15) is 32.0 Å². The van der Waals surface area contributed by atoms with Gasteiger partial charge in [-0.05, 0) is 24.3 Å². The molecule has 1 heterocycles. The molecule has 2 aromatic carbocycles. The molecule has 3 rings (SSSR count). The number of nitrogens with zero attached hydrogens (tertiary/aromatic N) is 5. The zero-order valence-corrected chi connectivity index (χ0v) is 15.1. The van der Waals surface area contributed by atoms with E-state index >= 15 is 0 Å². The maximum atomic E-state index is 9.14. The highest BCUT2D eigenvalue weighted by Gasteiger charge is 2.25. The molecule has 1 aromatic heterocycles. The van der Waals surface area contributed by atoms with Crippen LogP contribution in [0.15, 0.2) is 70.9 Å². The lowest BCUT2D eigenvalue weighted by molar-refractivity contribution is 0.560. The molecule has 6 heteroatoms. The highest BCUT2D eigenvalue weighted by Crippen LogP contribution is 2.31. The van der Waals surface area contributed by atoms with Crippen molar-refractivity contribution in [2.75, 3.05) is 5.43 Å². The van der Waals surface area contributed by atoms with Crippen LogP contribution < -0.4 is 5.43 Å². The Kier molecular flexibility index (Phi) is 4.93. The van der Waals surface area contributed by atoms with Crippen LogP contribution in [-0.2, 0) is 5.41 Å². The van der Waals surface area contributed by atoms with E-state index in [2.05, 4.69) is 36.4 Å². The Balaban J connectivity index is 2.18. The predicted molar refractivity (Wildman–Crippen MR) is 105 cm³/mol. The lowest BCUT2D eigenvalue weighted by Gasteiger charge is -2.16. The third-order valence-electron chi connectivity index (χ3n) is 3.89. The topological polar surface area (TPSA) is 76.9 Å². The molecular weight excluding hydrogens is 324 g/mol. The lowest BCUT2D eigenvalue weighted by Crippen LogP contribution is -2.14. The molecule has 3 aromatic rings. The van der Waals surface area contributed by atoms with Crippen LogP contribution in [0.4, 0.5) is 11.5 Å². The number of para-hydroxylation sites is 2. The number of aromatic nitrogens is 2. The molecular formula is C20H21N6-. The van der Waals surface area contributed by atoms with Crippen LogP contribution in [0, 0.1) is 0 Å². The van der Waals surface area contributed by atoms with Crippen LogP contribution >= 0.6 is 0 Å². The predicted octanol–water partition coefficient (Wildman–Crippen LogP) is 5.27. The van der Waals surface area contributed by atoms with E-state index in [1.165, 1.54) is 0 Å². The molecule has 0 aliphatic heterocycles. The van der Waals surface area contributed by atoms with Gasteiger partial charge in [0.05, 0.1) is 22.9 Å². The Morgan fingerprint density at radius 2 is 1.62 bits per heavy atom. The highest BCUT2D eigenvalue weighted by molar-refractivity contribution is 5.90. The Bertz CT molecular complexity index is 905. The summed E-state index contributed by atoms with van der Waals surface area (Å²) in [5, 5.41) is 7.90. The molecule has 0 bridgehead atoms. The molecule has 132 valence electrons. The maximum Gasteiger partial charge on any atom is 0.0773 e. The van der Waals surface area contributed by atoms with E-state index in [4.69, 9.17) is 10.6 Å². The van der Waals surface area contributed by atoms with Crippen LogP contribution in [0.25, 0.3) is 11.2 Å². The van der Waals surface area contributed by atoms with Crippen molar-refractivity contribution in [3.63, 3.8) is 0 Å². The van der Waals surface area contributed by atoms with E-state index in [9.17, 15) is 0 Å². The van der Waals surface area contributed by atoms with Gasteiger partial charge in [0.1, 0.15) is 0 Å². The Morgan fingerprint density at radius 1 is 1.00 bits per heavy atom. The van der Waals surface area contributed by atoms with Crippen LogP contribution in [-0.4, -0.2) is 16.0 Å². The fraction of sp³-hybridized carbons (Fsp3) is 0.200. The summed E-state index contributed by atoms with van der Waals surface area (Å²) in [6.07, 6.45) is 1.76. The second-order valence-electron chi connectivity index (χ2n) is 6.91. The maximum absolute atomic E-state index is 9.14. The molecule has 0 amide bonds.